The van der Waals surface area contributed by atoms with Crippen LogP contribution in [0.5, 0.6) is 0 Å². The first-order valence-electron chi connectivity index (χ1n) is 6.87. The van der Waals surface area contributed by atoms with Crippen molar-refractivity contribution in [2.45, 2.75) is 32.7 Å². The van der Waals surface area contributed by atoms with Crippen LogP contribution in [0.15, 0.2) is 0 Å². The van der Waals surface area contributed by atoms with E-state index < -0.39 is 15.8 Å². The minimum absolute atomic E-state index is 0. The molecule has 120 valence electrons. The SMILES string of the molecule is CCN(CC)S(=O)(=O)CC(=O)N1CCCC(NC)C1.Cl. The number of amides is 1. The Labute approximate surface area is 128 Å². The van der Waals surface area contributed by atoms with Crippen molar-refractivity contribution >= 4 is 28.3 Å². The fourth-order valence-electron chi connectivity index (χ4n) is 2.39. The number of carbonyl (C=O) groups excluding carboxylic acids is 1. The van der Waals surface area contributed by atoms with Gasteiger partial charge >= 0.3 is 0 Å². The molecule has 0 aliphatic carbocycles. The molecule has 1 amide bonds. The first-order chi connectivity index (χ1) is 8.94. The first-order valence-corrected chi connectivity index (χ1v) is 8.48. The second-order valence-corrected chi connectivity index (χ2v) is 6.78. The van der Waals surface area contributed by atoms with Gasteiger partial charge in [-0.1, -0.05) is 13.8 Å². The molecule has 1 rings (SSSR count). The molecule has 0 spiro atoms. The Morgan fingerprint density at radius 1 is 1.35 bits per heavy atom. The second kappa shape index (κ2) is 8.81. The molecular weight excluding hydrogens is 302 g/mol. The van der Waals surface area contributed by atoms with Gasteiger partial charge in [0.15, 0.2) is 0 Å². The van der Waals surface area contributed by atoms with Gasteiger partial charge in [0, 0.05) is 32.2 Å². The standard InChI is InChI=1S/C12H25N3O3S.ClH/c1-4-15(5-2)19(17,18)10-12(16)14-8-6-7-11(9-14)13-3;/h11,13H,4-10H2,1-3H3;1H. The lowest BCUT2D eigenvalue weighted by atomic mass is 10.1. The molecule has 0 radical (unpaired) electrons. The largest absolute Gasteiger partial charge is 0.340 e. The molecule has 0 aromatic rings. The number of likely N-dealkylation sites (tertiary alicyclic amines) is 1. The van der Waals surface area contributed by atoms with Crippen molar-refractivity contribution in [3.63, 3.8) is 0 Å². The van der Waals surface area contributed by atoms with Crippen LogP contribution >= 0.6 is 12.4 Å². The highest BCUT2D eigenvalue weighted by molar-refractivity contribution is 7.89. The summed E-state index contributed by atoms with van der Waals surface area (Å²) in [4.78, 5) is 13.8. The smallest absolute Gasteiger partial charge is 0.239 e. The van der Waals surface area contributed by atoms with Gasteiger partial charge in [0.25, 0.3) is 0 Å². The summed E-state index contributed by atoms with van der Waals surface area (Å²) in [5.74, 6) is -0.697. The number of sulfonamides is 1. The Bertz CT molecular complexity index is 399. The van der Waals surface area contributed by atoms with Gasteiger partial charge in [-0.2, -0.15) is 0 Å². The average molecular weight is 328 g/mol. The molecule has 0 aromatic heterocycles. The van der Waals surface area contributed by atoms with Crippen LogP contribution in [0.25, 0.3) is 0 Å². The summed E-state index contributed by atoms with van der Waals surface area (Å²) in [6, 6.07) is 0.272. The lowest BCUT2D eigenvalue weighted by Crippen LogP contribution is -2.49. The van der Waals surface area contributed by atoms with Crippen LogP contribution in [0, 0.1) is 0 Å². The van der Waals surface area contributed by atoms with Crippen molar-refractivity contribution in [3.05, 3.63) is 0 Å². The molecule has 1 fully saturated rings. The summed E-state index contributed by atoms with van der Waals surface area (Å²) in [5.41, 5.74) is 0. The molecular formula is C12H26ClN3O3S. The zero-order chi connectivity index (χ0) is 14.5. The fraction of sp³-hybridized carbons (Fsp3) is 0.917. The van der Waals surface area contributed by atoms with Crippen LogP contribution in [0.3, 0.4) is 0 Å². The topological polar surface area (TPSA) is 69.7 Å². The molecule has 8 heteroatoms. The summed E-state index contributed by atoms with van der Waals surface area (Å²) < 4.78 is 25.5. The number of nitrogens with zero attached hydrogens (tertiary/aromatic N) is 2. The highest BCUT2D eigenvalue weighted by Gasteiger charge is 2.28. The summed E-state index contributed by atoms with van der Waals surface area (Å²) in [5, 5.41) is 3.14. The Balaban J connectivity index is 0.00000361. The van der Waals surface area contributed by atoms with E-state index in [1.165, 1.54) is 4.31 Å². The maximum absolute atomic E-state index is 12.1. The molecule has 6 nitrogen and oxygen atoms in total. The number of nitrogens with one attached hydrogen (secondary N) is 1. The zero-order valence-electron chi connectivity index (χ0n) is 12.5. The van der Waals surface area contributed by atoms with E-state index in [-0.39, 0.29) is 24.4 Å². The predicted molar refractivity (Wildman–Crippen MR) is 82.6 cm³/mol. The van der Waals surface area contributed by atoms with E-state index in [0.29, 0.717) is 26.2 Å². The molecule has 1 atom stereocenters. The monoisotopic (exact) mass is 327 g/mol. The number of carbonyl (C=O) groups is 1. The second-order valence-electron chi connectivity index (χ2n) is 4.81. The van der Waals surface area contributed by atoms with Gasteiger partial charge in [-0.15, -0.1) is 12.4 Å². The van der Waals surface area contributed by atoms with Crippen molar-refractivity contribution in [3.8, 4) is 0 Å². The lowest BCUT2D eigenvalue weighted by molar-refractivity contribution is -0.129. The molecule has 1 aliphatic heterocycles. The number of likely N-dealkylation sites (N-methyl/N-ethyl adjacent to an activating group) is 1. The third-order valence-corrected chi connectivity index (χ3v) is 5.50. The van der Waals surface area contributed by atoms with Crippen LogP contribution in [-0.4, -0.2) is 68.6 Å². The molecule has 0 saturated carbocycles. The maximum atomic E-state index is 12.1. The molecule has 1 saturated heterocycles. The molecule has 20 heavy (non-hydrogen) atoms. The van der Waals surface area contributed by atoms with E-state index in [0.717, 1.165) is 12.8 Å². The minimum Gasteiger partial charge on any atom is -0.340 e. The van der Waals surface area contributed by atoms with E-state index in [2.05, 4.69) is 5.32 Å². The Hall–Kier alpha value is -0.370. The summed E-state index contributed by atoms with van der Waals surface area (Å²) in [6.45, 7) is 5.64. The summed E-state index contributed by atoms with van der Waals surface area (Å²) >= 11 is 0. The molecule has 0 bridgehead atoms. The van der Waals surface area contributed by atoms with E-state index >= 15 is 0 Å². The molecule has 1 aliphatic rings. The minimum atomic E-state index is -3.47. The summed E-state index contributed by atoms with van der Waals surface area (Å²) in [7, 11) is -1.61. The Kier molecular flexibility index (Phi) is 8.65. The van der Waals surface area contributed by atoms with E-state index in [1.54, 1.807) is 18.7 Å². The molecule has 0 aromatic carbocycles. The van der Waals surface area contributed by atoms with Gasteiger partial charge in [-0.25, -0.2) is 12.7 Å². The normalized spacial score (nSPS) is 19.8. The average Bonchev–Trinajstić information content (AvgIpc) is 2.39. The molecule has 1 N–H and O–H groups in total. The van der Waals surface area contributed by atoms with E-state index in [9.17, 15) is 13.2 Å². The zero-order valence-corrected chi connectivity index (χ0v) is 14.1. The number of piperidine rings is 1. The van der Waals surface area contributed by atoms with Crippen LogP contribution < -0.4 is 5.32 Å². The highest BCUT2D eigenvalue weighted by atomic mass is 35.5. The maximum Gasteiger partial charge on any atom is 0.239 e. The predicted octanol–water partition coefficient (Wildman–Crippen LogP) is 0.290. The number of hydrogen-bond donors (Lipinski definition) is 1. The van der Waals surface area contributed by atoms with Crippen molar-refractivity contribution in [2.24, 2.45) is 0 Å². The van der Waals surface area contributed by atoms with Gasteiger partial charge in [-0.3, -0.25) is 4.79 Å². The fourth-order valence-corrected chi connectivity index (χ4v) is 3.86. The first kappa shape index (κ1) is 19.6. The van der Waals surface area contributed by atoms with Crippen LogP contribution in [0.1, 0.15) is 26.7 Å². The number of rotatable bonds is 6. The van der Waals surface area contributed by atoms with Crippen molar-refractivity contribution in [1.29, 1.82) is 0 Å². The van der Waals surface area contributed by atoms with Crippen LogP contribution in [-0.2, 0) is 14.8 Å². The van der Waals surface area contributed by atoms with Gasteiger partial charge in [-0.05, 0) is 19.9 Å². The van der Waals surface area contributed by atoms with E-state index in [4.69, 9.17) is 0 Å². The lowest BCUT2D eigenvalue weighted by Gasteiger charge is -2.33. The van der Waals surface area contributed by atoms with Crippen molar-refractivity contribution in [2.75, 3.05) is 39.0 Å². The Morgan fingerprint density at radius 2 is 1.95 bits per heavy atom. The summed E-state index contributed by atoms with van der Waals surface area (Å²) in [6.07, 6.45) is 1.95. The number of halogens is 1. The van der Waals surface area contributed by atoms with Crippen LogP contribution in [0.2, 0.25) is 0 Å². The van der Waals surface area contributed by atoms with Gasteiger partial charge < -0.3 is 10.2 Å². The number of hydrogen-bond acceptors (Lipinski definition) is 4. The van der Waals surface area contributed by atoms with Crippen molar-refractivity contribution < 1.29 is 13.2 Å². The van der Waals surface area contributed by atoms with Gasteiger partial charge in [0.2, 0.25) is 15.9 Å². The quantitative estimate of drug-likeness (QED) is 0.761. The molecule has 1 heterocycles. The third kappa shape index (κ3) is 5.20. The third-order valence-electron chi connectivity index (χ3n) is 3.59. The van der Waals surface area contributed by atoms with E-state index in [1.807, 2.05) is 7.05 Å². The molecule has 1 unspecified atom stereocenters. The highest BCUT2D eigenvalue weighted by Crippen LogP contribution is 2.11. The Morgan fingerprint density at radius 3 is 2.45 bits per heavy atom. The van der Waals surface area contributed by atoms with Gasteiger partial charge in [0.1, 0.15) is 5.75 Å². The van der Waals surface area contributed by atoms with Crippen molar-refractivity contribution in [1.82, 2.24) is 14.5 Å². The van der Waals surface area contributed by atoms with Gasteiger partial charge in [0.05, 0.1) is 0 Å². The van der Waals surface area contributed by atoms with Crippen LogP contribution in [0.4, 0.5) is 0 Å².